The van der Waals surface area contributed by atoms with Gasteiger partial charge in [-0.1, -0.05) is 51.1 Å². The minimum atomic E-state index is -0.546. The van der Waals surface area contributed by atoms with Gasteiger partial charge < -0.3 is 19.5 Å². The first kappa shape index (κ1) is 27.8. The molecule has 1 N–H and O–H groups in total. The second-order valence-corrected chi connectivity index (χ2v) is 11.1. The third-order valence-corrected chi connectivity index (χ3v) is 7.09. The van der Waals surface area contributed by atoms with Crippen LogP contribution in [0.2, 0.25) is 0 Å². The molecule has 0 unspecified atom stereocenters. The van der Waals surface area contributed by atoms with Crippen molar-refractivity contribution in [2.75, 3.05) is 26.8 Å². The fraction of sp³-hybridized carbons (Fsp3) is 0.467. The highest BCUT2D eigenvalue weighted by Gasteiger charge is 2.38. The predicted octanol–water partition coefficient (Wildman–Crippen LogP) is 6.42. The third-order valence-electron chi connectivity index (χ3n) is 7.09. The number of carbonyl (C=O) groups is 1. The number of hydrogen-bond acceptors (Lipinski definition) is 3. The van der Waals surface area contributed by atoms with Crippen molar-refractivity contribution in [2.24, 2.45) is 11.3 Å². The molecule has 0 saturated carbocycles. The molecule has 0 aliphatic carbocycles. The highest BCUT2D eigenvalue weighted by atomic mass is 19.1. The number of hydrogen-bond donors (Lipinski definition) is 1. The van der Waals surface area contributed by atoms with Gasteiger partial charge in [-0.25, -0.2) is 18.6 Å². The molecular weight excluding hydrogens is 486 g/mol. The SMILES string of the molecule is CNC(=O)N(CC[C@@H]1CCCOC1)[C@@H](c1nc(-c2cc(F)ccc2F)cn1Cc1ccccc1)C(C)(C)C. The maximum absolute atomic E-state index is 14.8. The van der Waals surface area contributed by atoms with Crippen molar-refractivity contribution in [3.05, 3.63) is 77.8 Å². The summed E-state index contributed by atoms with van der Waals surface area (Å²) in [7, 11) is 1.63. The molecule has 6 nitrogen and oxygen atoms in total. The third kappa shape index (κ3) is 6.59. The van der Waals surface area contributed by atoms with Crippen LogP contribution in [0, 0.1) is 23.0 Å². The summed E-state index contributed by atoms with van der Waals surface area (Å²) >= 11 is 0. The van der Waals surface area contributed by atoms with Gasteiger partial charge in [0.15, 0.2) is 0 Å². The second kappa shape index (κ2) is 12.1. The standard InChI is InChI=1S/C30H38F2N4O2/c1-30(2,3)27(36(29(37)33-4)15-14-22-11-8-16-38-20-22)28-34-26(24-17-23(31)12-13-25(24)32)19-35(28)18-21-9-6-5-7-10-21/h5-7,9-10,12-13,17,19,22,27H,8,11,14-16,18,20H2,1-4H3,(H,33,37)/t22-,27-/m0/s1. The van der Waals surface area contributed by atoms with E-state index >= 15 is 0 Å². The van der Waals surface area contributed by atoms with Crippen LogP contribution in [0.25, 0.3) is 11.3 Å². The van der Waals surface area contributed by atoms with Crippen molar-refractivity contribution >= 4 is 6.03 Å². The van der Waals surface area contributed by atoms with Crippen LogP contribution in [0.3, 0.4) is 0 Å². The average molecular weight is 525 g/mol. The van der Waals surface area contributed by atoms with E-state index in [1.165, 1.54) is 6.07 Å². The Labute approximate surface area is 224 Å². The first-order chi connectivity index (χ1) is 18.2. The van der Waals surface area contributed by atoms with Crippen LogP contribution in [-0.4, -0.2) is 47.3 Å². The zero-order valence-corrected chi connectivity index (χ0v) is 22.7. The molecule has 0 spiro atoms. The average Bonchev–Trinajstić information content (AvgIpc) is 3.30. The summed E-state index contributed by atoms with van der Waals surface area (Å²) in [5.74, 6) is -0.0641. The summed E-state index contributed by atoms with van der Waals surface area (Å²) in [6.45, 7) is 8.70. The van der Waals surface area contributed by atoms with Gasteiger partial charge in [0.1, 0.15) is 17.5 Å². The number of carbonyl (C=O) groups excluding carboxylic acids is 1. The van der Waals surface area contributed by atoms with Gasteiger partial charge in [-0.3, -0.25) is 0 Å². The van der Waals surface area contributed by atoms with E-state index in [4.69, 9.17) is 9.72 Å². The lowest BCUT2D eigenvalue weighted by Crippen LogP contribution is -2.47. The van der Waals surface area contributed by atoms with Gasteiger partial charge in [-0.05, 0) is 54.4 Å². The minimum Gasteiger partial charge on any atom is -0.381 e. The van der Waals surface area contributed by atoms with Crippen molar-refractivity contribution in [3.8, 4) is 11.3 Å². The zero-order valence-electron chi connectivity index (χ0n) is 22.7. The molecule has 2 amide bonds. The summed E-state index contributed by atoms with van der Waals surface area (Å²) in [5.41, 5.74) is 1.06. The Morgan fingerprint density at radius 3 is 2.63 bits per heavy atom. The quantitative estimate of drug-likeness (QED) is 0.370. The van der Waals surface area contributed by atoms with Gasteiger partial charge in [0, 0.05) is 45.1 Å². The molecule has 2 atom stereocenters. The first-order valence-corrected chi connectivity index (χ1v) is 13.3. The number of aromatic nitrogens is 2. The van der Waals surface area contributed by atoms with E-state index < -0.39 is 23.1 Å². The zero-order chi connectivity index (χ0) is 27.3. The van der Waals surface area contributed by atoms with Crippen LogP contribution >= 0.6 is 0 Å². The van der Waals surface area contributed by atoms with E-state index in [1.807, 2.05) is 39.8 Å². The van der Waals surface area contributed by atoms with E-state index in [0.717, 1.165) is 43.6 Å². The smallest absolute Gasteiger partial charge is 0.317 e. The Morgan fingerprint density at radius 1 is 1.21 bits per heavy atom. The molecule has 1 fully saturated rings. The topological polar surface area (TPSA) is 59.4 Å². The molecule has 3 aromatic rings. The Kier molecular flexibility index (Phi) is 8.82. The Morgan fingerprint density at radius 2 is 1.97 bits per heavy atom. The molecule has 2 heterocycles. The monoisotopic (exact) mass is 524 g/mol. The van der Waals surface area contributed by atoms with Crippen LogP contribution in [-0.2, 0) is 11.3 Å². The van der Waals surface area contributed by atoms with Crippen molar-refractivity contribution in [1.82, 2.24) is 19.8 Å². The Balaban J connectivity index is 1.80. The van der Waals surface area contributed by atoms with Gasteiger partial charge >= 0.3 is 6.03 Å². The Bertz CT molecular complexity index is 1220. The van der Waals surface area contributed by atoms with Gasteiger partial charge in [0.25, 0.3) is 0 Å². The fourth-order valence-corrected chi connectivity index (χ4v) is 5.22. The predicted molar refractivity (Wildman–Crippen MR) is 145 cm³/mol. The number of amides is 2. The summed E-state index contributed by atoms with van der Waals surface area (Å²) < 4.78 is 36.6. The molecule has 1 aliphatic heterocycles. The van der Waals surface area contributed by atoms with Crippen LogP contribution < -0.4 is 5.32 Å². The molecule has 0 radical (unpaired) electrons. The van der Waals surface area contributed by atoms with Gasteiger partial charge in [-0.2, -0.15) is 0 Å². The fourth-order valence-electron chi connectivity index (χ4n) is 5.22. The molecule has 4 rings (SSSR count). The number of halogens is 2. The molecule has 204 valence electrons. The van der Waals surface area contributed by atoms with Crippen LogP contribution in [0.4, 0.5) is 13.6 Å². The van der Waals surface area contributed by atoms with Crippen molar-refractivity contribution in [2.45, 2.75) is 52.6 Å². The highest BCUT2D eigenvalue weighted by molar-refractivity contribution is 5.74. The lowest BCUT2D eigenvalue weighted by Gasteiger charge is -2.40. The van der Waals surface area contributed by atoms with Gasteiger partial charge in [-0.15, -0.1) is 0 Å². The maximum atomic E-state index is 14.8. The molecule has 38 heavy (non-hydrogen) atoms. The normalized spacial score (nSPS) is 16.7. The molecule has 2 aromatic carbocycles. The van der Waals surface area contributed by atoms with Crippen LogP contribution in [0.5, 0.6) is 0 Å². The Hall–Kier alpha value is -3.26. The molecule has 0 bridgehead atoms. The van der Waals surface area contributed by atoms with Gasteiger partial charge in [0.05, 0.1) is 11.7 Å². The molecular formula is C30H38F2N4O2. The van der Waals surface area contributed by atoms with Crippen molar-refractivity contribution in [3.63, 3.8) is 0 Å². The largest absolute Gasteiger partial charge is 0.381 e. The summed E-state index contributed by atoms with van der Waals surface area (Å²) in [6, 6.07) is 12.6. The number of ether oxygens (including phenoxy) is 1. The van der Waals surface area contributed by atoms with E-state index in [1.54, 1.807) is 13.2 Å². The van der Waals surface area contributed by atoms with E-state index in [-0.39, 0.29) is 11.6 Å². The van der Waals surface area contributed by atoms with Gasteiger partial charge in [0.2, 0.25) is 0 Å². The molecule has 1 aliphatic rings. The molecule has 1 saturated heterocycles. The minimum absolute atomic E-state index is 0.0940. The van der Waals surface area contributed by atoms with Crippen LogP contribution in [0.1, 0.15) is 57.5 Å². The molecule has 8 heteroatoms. The summed E-state index contributed by atoms with van der Waals surface area (Å²) in [6.07, 6.45) is 4.67. The van der Waals surface area contributed by atoms with E-state index in [9.17, 15) is 13.6 Å². The number of nitrogens with zero attached hydrogens (tertiary/aromatic N) is 3. The van der Waals surface area contributed by atoms with Crippen molar-refractivity contribution in [1.29, 1.82) is 0 Å². The van der Waals surface area contributed by atoms with E-state index in [2.05, 4.69) is 26.1 Å². The molecule has 1 aromatic heterocycles. The number of rotatable bonds is 8. The maximum Gasteiger partial charge on any atom is 0.317 e. The lowest BCUT2D eigenvalue weighted by molar-refractivity contribution is 0.0419. The van der Waals surface area contributed by atoms with E-state index in [0.29, 0.717) is 37.1 Å². The number of nitrogens with one attached hydrogen (secondary N) is 1. The van der Waals surface area contributed by atoms with Crippen LogP contribution in [0.15, 0.2) is 54.7 Å². The summed E-state index contributed by atoms with van der Waals surface area (Å²) in [4.78, 5) is 20.1. The highest BCUT2D eigenvalue weighted by Crippen LogP contribution is 2.40. The summed E-state index contributed by atoms with van der Waals surface area (Å²) in [5, 5.41) is 2.81. The number of imidazole rings is 1. The second-order valence-electron chi connectivity index (χ2n) is 11.1. The number of urea groups is 1. The van der Waals surface area contributed by atoms with Crippen molar-refractivity contribution < 1.29 is 18.3 Å². The number of benzene rings is 2. The first-order valence-electron chi connectivity index (χ1n) is 13.3. The lowest BCUT2D eigenvalue weighted by atomic mass is 9.84.